The number of likely N-dealkylation sites (N-methyl/N-ethyl adjacent to an activating group) is 2. The van der Waals surface area contributed by atoms with Gasteiger partial charge < -0.3 is 18.9 Å². The Balaban J connectivity index is 0.000000115. The van der Waals surface area contributed by atoms with E-state index in [9.17, 15) is 0 Å². The maximum atomic E-state index is 15.8. The Morgan fingerprint density at radius 2 is 0.794 bits per heavy atom. The molecule has 2 aliphatic heterocycles. The van der Waals surface area contributed by atoms with Crippen LogP contribution in [0.3, 0.4) is 0 Å². The molecule has 10 aromatic heterocycles. The number of hydrogen-bond donors (Lipinski definition) is 0. The summed E-state index contributed by atoms with van der Waals surface area (Å²) in [5, 5.41) is 58.6. The van der Waals surface area contributed by atoms with E-state index in [1.807, 2.05) is 208 Å². The van der Waals surface area contributed by atoms with E-state index >= 15 is 4.39 Å². The number of aryl methyl sites for hydroxylation is 4. The second-order valence-electron chi connectivity index (χ2n) is 27.5. The molecule has 544 valence electrons. The highest BCUT2D eigenvalue weighted by molar-refractivity contribution is 9.10. The van der Waals surface area contributed by atoms with Crippen LogP contribution in [0.1, 0.15) is 37.3 Å². The summed E-state index contributed by atoms with van der Waals surface area (Å²) in [6, 6.07) is 57.4. The number of hydrogen-bond acceptors (Lipinski definition) is 16. The van der Waals surface area contributed by atoms with Crippen molar-refractivity contribution in [3.8, 4) is 79.1 Å². The standard InChI is InChI=1S/C23H26BrN7.C23H26FN7.C18H13ClN4.C17H17ClN4/c2*1-28-11-13-30(14-12-28)15-16-31-23-19(22(27-31)18-9-6-10-29(18)2)20(24)21(25-26-23)17-7-4-3-5-8-17;1-23-17(13-10-6-3-7-11-13)14-15(19)16(20-21-18(14)22-23)12-8-4-2-5-9-12;1-22-17-13(15(21-22)11-9-5-6-10-11)14(18)16(19-20-17)12-7-3-2-4-8-12/h2*3-10H,11-16H2,1-2H3;2-11H,1H3;2-4,7-8,11H,5-6,9-10H2,1H3. The van der Waals surface area contributed by atoms with Gasteiger partial charge in [-0.2, -0.15) is 20.4 Å². The first-order valence-electron chi connectivity index (χ1n) is 36.2. The molecule has 0 atom stereocenters. The predicted molar refractivity (Wildman–Crippen MR) is 426 cm³/mol. The van der Waals surface area contributed by atoms with Gasteiger partial charge in [-0.1, -0.05) is 188 Å². The molecule has 5 aromatic carbocycles. The van der Waals surface area contributed by atoms with Crippen molar-refractivity contribution in [3.63, 3.8) is 0 Å². The van der Waals surface area contributed by atoms with Crippen molar-refractivity contribution in [1.29, 1.82) is 0 Å². The number of aromatic nitrogens is 18. The van der Waals surface area contributed by atoms with Crippen molar-refractivity contribution in [3.05, 3.63) is 214 Å². The van der Waals surface area contributed by atoms with Gasteiger partial charge in [0.2, 0.25) is 5.65 Å². The van der Waals surface area contributed by atoms with Crippen molar-refractivity contribution in [2.24, 2.45) is 28.2 Å². The highest BCUT2D eigenvalue weighted by Gasteiger charge is 2.29. The van der Waals surface area contributed by atoms with Gasteiger partial charge >= 0.3 is 0 Å². The second-order valence-corrected chi connectivity index (χ2v) is 29.0. The molecule has 2 saturated heterocycles. The SMILES string of the molecule is CN1CCN(CCn2nc(-c3cccn3C)c3c(Br)c(-c4ccccc4)nnc32)CC1.CN1CCN(CCn2nc(-c3cccn3C)c3c(F)c(-c4ccccc4)nnc32)CC1.Cn1nc(C2CCCC2)c2c(Cl)c(-c3ccccc3)nnc21.Cn1nc2nnc(-c3ccccc3)c(Cl)c2c1-c1ccccc1. The minimum absolute atomic E-state index is 0.252. The van der Waals surface area contributed by atoms with E-state index in [0.29, 0.717) is 56.1 Å². The Hall–Kier alpha value is -10.3. The van der Waals surface area contributed by atoms with Gasteiger partial charge in [0.15, 0.2) is 22.8 Å². The number of rotatable bonds is 14. The van der Waals surface area contributed by atoms with Crippen LogP contribution in [0, 0.1) is 5.82 Å². The molecule has 0 N–H and O–H groups in total. The molecule has 1 aliphatic carbocycles. The van der Waals surface area contributed by atoms with Crippen molar-refractivity contribution in [1.82, 2.24) is 109 Å². The molecular weight excluding hydrogens is 1450 g/mol. The summed E-state index contributed by atoms with van der Waals surface area (Å²) in [5.41, 5.74) is 15.3. The van der Waals surface area contributed by atoms with Crippen LogP contribution in [0.25, 0.3) is 123 Å². The summed E-state index contributed by atoms with van der Waals surface area (Å²) >= 11 is 17.3. The normalized spacial score (nSPS) is 14.7. The molecular formula is C81H82BrCl2FN22. The first-order valence-corrected chi connectivity index (χ1v) is 37.7. The predicted octanol–water partition coefficient (Wildman–Crippen LogP) is 15.1. The van der Waals surface area contributed by atoms with E-state index in [1.165, 1.54) is 25.7 Å². The zero-order chi connectivity index (χ0) is 73.7. The van der Waals surface area contributed by atoms with E-state index in [2.05, 4.69) is 118 Å². The summed E-state index contributed by atoms with van der Waals surface area (Å²) in [6.07, 6.45) is 8.89. The first-order chi connectivity index (χ1) is 52.2. The summed E-state index contributed by atoms with van der Waals surface area (Å²) in [7, 11) is 12.1. The lowest BCUT2D eigenvalue weighted by Crippen LogP contribution is -2.45. The van der Waals surface area contributed by atoms with Crippen LogP contribution in [-0.4, -0.2) is 188 Å². The fourth-order valence-corrected chi connectivity index (χ4v) is 15.8. The molecule has 26 heteroatoms. The lowest BCUT2D eigenvalue weighted by molar-refractivity contribution is 0.149. The maximum Gasteiger partial charge on any atom is 0.205 e. The van der Waals surface area contributed by atoms with Crippen LogP contribution >= 0.6 is 39.1 Å². The largest absolute Gasteiger partial charge is 0.349 e. The van der Waals surface area contributed by atoms with E-state index in [4.69, 9.17) is 38.5 Å². The van der Waals surface area contributed by atoms with Crippen LogP contribution in [0.15, 0.2) is 193 Å². The van der Waals surface area contributed by atoms with E-state index < -0.39 is 0 Å². The third kappa shape index (κ3) is 15.2. The maximum absolute atomic E-state index is 15.8. The summed E-state index contributed by atoms with van der Waals surface area (Å²) in [6.45, 7) is 11.8. The molecule has 3 fully saturated rings. The minimum atomic E-state index is -0.377. The van der Waals surface area contributed by atoms with Crippen LogP contribution in [0.2, 0.25) is 10.0 Å². The van der Waals surface area contributed by atoms with E-state index in [0.717, 1.165) is 166 Å². The van der Waals surface area contributed by atoms with Gasteiger partial charge in [0.05, 0.1) is 71.9 Å². The van der Waals surface area contributed by atoms with Crippen molar-refractivity contribution < 1.29 is 4.39 Å². The fraction of sp³-hybridized carbons (Fsp3) is 0.284. The third-order valence-electron chi connectivity index (χ3n) is 20.4. The number of benzene rings is 5. The monoisotopic (exact) mass is 1530 g/mol. The molecule has 0 spiro atoms. The summed E-state index contributed by atoms with van der Waals surface area (Å²) in [4.78, 5) is 9.62. The van der Waals surface area contributed by atoms with E-state index in [1.54, 1.807) is 14.0 Å². The van der Waals surface area contributed by atoms with Gasteiger partial charge in [0.1, 0.15) is 34.2 Å². The highest BCUT2D eigenvalue weighted by Crippen LogP contribution is 2.43. The Bertz CT molecular complexity index is 5360. The minimum Gasteiger partial charge on any atom is -0.349 e. The number of halogens is 4. The molecule has 0 amide bonds. The molecule has 1 saturated carbocycles. The zero-order valence-corrected chi connectivity index (χ0v) is 63.7. The average Bonchev–Trinajstić information content (AvgIpc) is 1.64. The average molecular weight is 1530 g/mol. The van der Waals surface area contributed by atoms with Gasteiger partial charge in [-0.15, -0.1) is 40.8 Å². The Labute approximate surface area is 638 Å². The number of fused-ring (bicyclic) bond motifs is 4. The van der Waals surface area contributed by atoms with Crippen molar-refractivity contribution in [2.75, 3.05) is 79.5 Å². The molecule has 12 heterocycles. The molecule has 107 heavy (non-hydrogen) atoms. The van der Waals surface area contributed by atoms with Crippen LogP contribution in [0.5, 0.6) is 0 Å². The van der Waals surface area contributed by atoms with Crippen LogP contribution in [-0.2, 0) is 41.3 Å². The lowest BCUT2D eigenvalue weighted by atomic mass is 10.0. The quantitative estimate of drug-likeness (QED) is 0.0995. The van der Waals surface area contributed by atoms with Gasteiger partial charge in [-0.3, -0.25) is 14.5 Å². The van der Waals surface area contributed by atoms with Crippen molar-refractivity contribution in [2.45, 2.75) is 44.7 Å². The fourth-order valence-electron chi connectivity index (χ4n) is 14.4. The zero-order valence-electron chi connectivity index (χ0n) is 60.6. The lowest BCUT2D eigenvalue weighted by Gasteiger charge is -2.32. The van der Waals surface area contributed by atoms with Gasteiger partial charge in [-0.05, 0) is 67.1 Å². The second kappa shape index (κ2) is 32.4. The molecule has 22 nitrogen and oxygen atoms in total. The van der Waals surface area contributed by atoms with Gasteiger partial charge in [0.25, 0.3) is 0 Å². The van der Waals surface area contributed by atoms with Crippen molar-refractivity contribution >= 4 is 83.3 Å². The Kier molecular flexibility index (Phi) is 21.9. The first kappa shape index (κ1) is 72.3. The third-order valence-corrected chi connectivity index (χ3v) is 21.9. The molecule has 0 radical (unpaired) electrons. The van der Waals surface area contributed by atoms with Crippen LogP contribution < -0.4 is 0 Å². The smallest absolute Gasteiger partial charge is 0.205 e. The number of nitrogens with zero attached hydrogens (tertiary/aromatic N) is 22. The number of piperazine rings is 2. The molecule has 18 rings (SSSR count). The molecule has 0 bridgehead atoms. The van der Waals surface area contributed by atoms with E-state index in [-0.39, 0.29) is 11.5 Å². The van der Waals surface area contributed by atoms with Gasteiger partial charge in [-0.25, -0.2) is 18.4 Å². The summed E-state index contributed by atoms with van der Waals surface area (Å²) < 4.78 is 28.2. The Morgan fingerprint density at radius 3 is 1.28 bits per heavy atom. The van der Waals surface area contributed by atoms with Crippen LogP contribution in [0.4, 0.5) is 4.39 Å². The molecule has 15 aromatic rings. The molecule has 3 aliphatic rings. The topological polar surface area (TPSA) is 197 Å². The highest BCUT2D eigenvalue weighted by atomic mass is 79.9. The Morgan fingerprint density at radius 1 is 0.383 bits per heavy atom. The molecule has 0 unspecified atom stereocenters. The van der Waals surface area contributed by atoms with Gasteiger partial charge in [0, 0.05) is 140 Å². The summed E-state index contributed by atoms with van der Waals surface area (Å²) in [5.74, 6) is 0.118.